The van der Waals surface area contributed by atoms with Crippen molar-refractivity contribution in [1.29, 1.82) is 0 Å². The van der Waals surface area contributed by atoms with Gasteiger partial charge in [-0.15, -0.1) is 0 Å². The standard InChI is InChI=1S/C21H28N2O4/c1-14(2)21(20(26)27)10-11-22(13-21)19(25)17-8-9-18(24)23(17)12-16-6-4-15(3)5-7-16/h4-7,14,17H,8-13H2,1-3H3,(H,26,27). The molecule has 0 aliphatic carbocycles. The van der Waals surface area contributed by atoms with E-state index in [1.807, 2.05) is 45.0 Å². The fourth-order valence-electron chi connectivity index (χ4n) is 4.20. The molecule has 2 unspecified atom stereocenters. The van der Waals surface area contributed by atoms with E-state index in [1.54, 1.807) is 9.80 Å². The summed E-state index contributed by atoms with van der Waals surface area (Å²) in [5.41, 5.74) is 1.26. The highest BCUT2D eigenvalue weighted by molar-refractivity contribution is 5.91. The SMILES string of the molecule is Cc1ccc(CN2C(=O)CCC2C(=O)N2CCC(C(=O)O)(C(C)C)C2)cc1. The molecule has 3 rings (SSSR count). The number of carbonyl (C=O) groups is 3. The van der Waals surface area contributed by atoms with Gasteiger partial charge in [-0.1, -0.05) is 43.7 Å². The van der Waals surface area contributed by atoms with Crippen LogP contribution in [-0.2, 0) is 20.9 Å². The van der Waals surface area contributed by atoms with Gasteiger partial charge in [-0.2, -0.15) is 0 Å². The maximum Gasteiger partial charge on any atom is 0.311 e. The quantitative estimate of drug-likeness (QED) is 0.861. The topological polar surface area (TPSA) is 77.9 Å². The molecular formula is C21H28N2O4. The lowest BCUT2D eigenvalue weighted by atomic mass is 9.76. The lowest BCUT2D eigenvalue weighted by Gasteiger charge is -2.31. The number of benzene rings is 1. The van der Waals surface area contributed by atoms with Crippen LogP contribution in [0.2, 0.25) is 0 Å². The van der Waals surface area contributed by atoms with E-state index in [-0.39, 0.29) is 24.3 Å². The molecule has 2 amide bonds. The number of carboxylic acid groups (broad SMARTS) is 1. The summed E-state index contributed by atoms with van der Waals surface area (Å²) in [7, 11) is 0. The fourth-order valence-corrected chi connectivity index (χ4v) is 4.20. The van der Waals surface area contributed by atoms with E-state index in [0.717, 1.165) is 11.1 Å². The third-order valence-electron chi connectivity index (χ3n) is 6.23. The summed E-state index contributed by atoms with van der Waals surface area (Å²) >= 11 is 0. The molecule has 1 aromatic carbocycles. The molecule has 1 aromatic rings. The summed E-state index contributed by atoms with van der Waals surface area (Å²) in [6.45, 7) is 6.87. The van der Waals surface area contributed by atoms with E-state index in [9.17, 15) is 19.5 Å². The Morgan fingerprint density at radius 1 is 1.26 bits per heavy atom. The van der Waals surface area contributed by atoms with Crippen molar-refractivity contribution in [2.45, 2.75) is 52.6 Å². The average molecular weight is 372 g/mol. The van der Waals surface area contributed by atoms with Crippen LogP contribution in [0.5, 0.6) is 0 Å². The van der Waals surface area contributed by atoms with E-state index in [1.165, 1.54) is 0 Å². The van der Waals surface area contributed by atoms with Gasteiger partial charge in [0.05, 0.1) is 5.41 Å². The number of aliphatic carboxylic acids is 1. The predicted molar refractivity (Wildman–Crippen MR) is 101 cm³/mol. The zero-order chi connectivity index (χ0) is 19.8. The molecule has 2 heterocycles. The van der Waals surface area contributed by atoms with E-state index >= 15 is 0 Å². The summed E-state index contributed by atoms with van der Waals surface area (Å²) in [6.07, 6.45) is 1.33. The number of nitrogens with zero attached hydrogens (tertiary/aromatic N) is 2. The summed E-state index contributed by atoms with van der Waals surface area (Å²) in [6, 6.07) is 7.46. The van der Waals surface area contributed by atoms with Crippen LogP contribution in [0.25, 0.3) is 0 Å². The monoisotopic (exact) mass is 372 g/mol. The highest BCUT2D eigenvalue weighted by Gasteiger charge is 2.50. The smallest absolute Gasteiger partial charge is 0.311 e. The van der Waals surface area contributed by atoms with Crippen molar-refractivity contribution in [3.63, 3.8) is 0 Å². The summed E-state index contributed by atoms with van der Waals surface area (Å²) in [5.74, 6) is -1.02. The minimum atomic E-state index is -0.889. The number of hydrogen-bond donors (Lipinski definition) is 1. The fraction of sp³-hybridized carbons (Fsp3) is 0.571. The van der Waals surface area contributed by atoms with E-state index < -0.39 is 17.4 Å². The number of likely N-dealkylation sites (tertiary alicyclic amines) is 2. The molecule has 2 aliphatic rings. The van der Waals surface area contributed by atoms with Gasteiger partial charge < -0.3 is 14.9 Å². The Hall–Kier alpha value is -2.37. The average Bonchev–Trinajstić information content (AvgIpc) is 3.22. The normalized spacial score (nSPS) is 25.5. The van der Waals surface area contributed by atoms with Crippen molar-refractivity contribution in [3.05, 3.63) is 35.4 Å². The third kappa shape index (κ3) is 3.57. The number of hydrogen-bond acceptors (Lipinski definition) is 3. The molecule has 2 saturated heterocycles. The van der Waals surface area contributed by atoms with Crippen LogP contribution in [0, 0.1) is 18.3 Å². The maximum absolute atomic E-state index is 13.1. The lowest BCUT2D eigenvalue weighted by Crippen LogP contribution is -2.47. The largest absolute Gasteiger partial charge is 0.481 e. The Morgan fingerprint density at radius 3 is 2.48 bits per heavy atom. The predicted octanol–water partition coefficient (Wildman–Crippen LogP) is 2.45. The second-order valence-corrected chi connectivity index (χ2v) is 8.19. The zero-order valence-electron chi connectivity index (χ0n) is 16.3. The number of carbonyl (C=O) groups excluding carboxylic acids is 2. The zero-order valence-corrected chi connectivity index (χ0v) is 16.3. The number of aryl methyl sites for hydroxylation is 1. The van der Waals surface area contributed by atoms with Crippen molar-refractivity contribution in [2.75, 3.05) is 13.1 Å². The summed E-state index contributed by atoms with van der Waals surface area (Å²) < 4.78 is 0. The van der Waals surface area contributed by atoms with Crippen LogP contribution in [0.3, 0.4) is 0 Å². The molecule has 6 heteroatoms. The van der Waals surface area contributed by atoms with Crippen molar-refractivity contribution in [3.8, 4) is 0 Å². The minimum absolute atomic E-state index is 0.0125. The van der Waals surface area contributed by atoms with Crippen molar-refractivity contribution < 1.29 is 19.5 Å². The number of rotatable bonds is 5. The molecule has 0 aromatic heterocycles. The first-order chi connectivity index (χ1) is 12.7. The Labute approximate surface area is 160 Å². The molecule has 0 spiro atoms. The molecule has 0 radical (unpaired) electrons. The molecule has 0 bridgehead atoms. The Kier molecular flexibility index (Phi) is 5.27. The summed E-state index contributed by atoms with van der Waals surface area (Å²) in [4.78, 5) is 40.6. The Balaban J connectivity index is 1.74. The first-order valence-electron chi connectivity index (χ1n) is 9.62. The van der Waals surface area contributed by atoms with Crippen LogP contribution >= 0.6 is 0 Å². The number of amides is 2. The van der Waals surface area contributed by atoms with Gasteiger partial charge in [0.1, 0.15) is 6.04 Å². The lowest BCUT2D eigenvalue weighted by molar-refractivity contribution is -0.152. The van der Waals surface area contributed by atoms with Gasteiger partial charge in [-0.3, -0.25) is 14.4 Å². The first-order valence-corrected chi connectivity index (χ1v) is 9.62. The van der Waals surface area contributed by atoms with Gasteiger partial charge in [0.2, 0.25) is 11.8 Å². The molecule has 2 fully saturated rings. The van der Waals surface area contributed by atoms with Crippen molar-refractivity contribution in [1.82, 2.24) is 9.80 Å². The van der Waals surface area contributed by atoms with Gasteiger partial charge in [0.25, 0.3) is 0 Å². The second-order valence-electron chi connectivity index (χ2n) is 8.19. The maximum atomic E-state index is 13.1. The third-order valence-corrected chi connectivity index (χ3v) is 6.23. The van der Waals surface area contributed by atoms with Crippen molar-refractivity contribution >= 4 is 17.8 Å². The Morgan fingerprint density at radius 2 is 1.93 bits per heavy atom. The highest BCUT2D eigenvalue weighted by Crippen LogP contribution is 2.39. The summed E-state index contributed by atoms with van der Waals surface area (Å²) in [5, 5.41) is 9.71. The van der Waals surface area contributed by atoms with Crippen LogP contribution < -0.4 is 0 Å². The van der Waals surface area contributed by atoms with E-state index in [4.69, 9.17) is 0 Å². The first kappa shape index (κ1) is 19.4. The molecule has 2 aliphatic heterocycles. The van der Waals surface area contributed by atoms with Gasteiger partial charge in [0.15, 0.2) is 0 Å². The molecule has 27 heavy (non-hydrogen) atoms. The highest BCUT2D eigenvalue weighted by atomic mass is 16.4. The molecule has 0 saturated carbocycles. The Bertz CT molecular complexity index is 743. The van der Waals surface area contributed by atoms with Crippen LogP contribution in [0.1, 0.15) is 44.2 Å². The van der Waals surface area contributed by atoms with Gasteiger partial charge in [0, 0.05) is 26.1 Å². The van der Waals surface area contributed by atoms with E-state index in [0.29, 0.717) is 32.4 Å². The van der Waals surface area contributed by atoms with E-state index in [2.05, 4.69) is 0 Å². The molecule has 6 nitrogen and oxygen atoms in total. The van der Waals surface area contributed by atoms with Crippen molar-refractivity contribution in [2.24, 2.45) is 11.3 Å². The van der Waals surface area contributed by atoms with Gasteiger partial charge in [-0.05, 0) is 31.2 Å². The number of carboxylic acids is 1. The van der Waals surface area contributed by atoms with Gasteiger partial charge >= 0.3 is 5.97 Å². The van der Waals surface area contributed by atoms with Crippen LogP contribution in [0.15, 0.2) is 24.3 Å². The molecule has 1 N–H and O–H groups in total. The van der Waals surface area contributed by atoms with Crippen LogP contribution in [-0.4, -0.2) is 51.8 Å². The van der Waals surface area contributed by atoms with Crippen LogP contribution in [0.4, 0.5) is 0 Å². The minimum Gasteiger partial charge on any atom is -0.481 e. The molecule has 146 valence electrons. The second kappa shape index (κ2) is 7.33. The molecule has 2 atom stereocenters. The van der Waals surface area contributed by atoms with Gasteiger partial charge in [-0.25, -0.2) is 0 Å². The molecular weight excluding hydrogens is 344 g/mol.